The number of likely N-dealkylation sites (N-methyl/N-ethyl adjacent to an activating group) is 1. The van der Waals surface area contributed by atoms with Crippen LogP contribution in [0.25, 0.3) is 0 Å². The lowest BCUT2D eigenvalue weighted by atomic mass is 10.0. The summed E-state index contributed by atoms with van der Waals surface area (Å²) in [4.78, 5) is 37.3. The molecule has 71 heavy (non-hydrogen) atoms. The minimum atomic E-state index is -1.63. The molecule has 0 aliphatic heterocycles. The Hall–Kier alpha value is -3.01. The van der Waals surface area contributed by atoms with Gasteiger partial charge < -0.3 is 33.3 Å². The number of ether oxygens (including phenoxy) is 4. The SMILES string of the molecule is CCCCCCC/C=C\C/C=C\C/C=C\CCCCCCCCC(=O)OC(COC(=O)CCCCCCCCCCCCCCC/C=C\C/C=C\CCCCCCC)COC(OCC[N+](C)(C)C)C(=O)[O-]. The molecule has 0 N–H and O–H groups in total. The molecule has 9 heteroatoms. The molecule has 0 aromatic heterocycles. The molecule has 0 bridgehead atoms. The maximum Gasteiger partial charge on any atom is 0.306 e. The monoisotopic (exact) mass is 998 g/mol. The normalized spacial score (nSPS) is 13.2. The van der Waals surface area contributed by atoms with Crippen LogP contribution in [0.4, 0.5) is 0 Å². The first-order chi connectivity index (χ1) is 34.6. The Morgan fingerprint density at radius 3 is 1.13 bits per heavy atom. The molecule has 0 spiro atoms. The number of carboxylic acids is 1. The summed E-state index contributed by atoms with van der Waals surface area (Å²) in [5, 5.41) is 11.8. The highest BCUT2D eigenvalue weighted by Gasteiger charge is 2.22. The predicted octanol–water partition coefficient (Wildman–Crippen LogP) is 15.9. The molecule has 412 valence electrons. The molecule has 0 aliphatic carbocycles. The second kappa shape index (κ2) is 53.3. The van der Waals surface area contributed by atoms with Crippen molar-refractivity contribution in [3.8, 4) is 0 Å². The van der Waals surface area contributed by atoms with Crippen molar-refractivity contribution in [3.05, 3.63) is 60.8 Å². The van der Waals surface area contributed by atoms with Crippen LogP contribution in [0.15, 0.2) is 60.8 Å². The first-order valence-electron chi connectivity index (χ1n) is 29.4. The average molecular weight is 999 g/mol. The van der Waals surface area contributed by atoms with E-state index in [0.29, 0.717) is 17.4 Å². The molecule has 2 unspecified atom stereocenters. The van der Waals surface area contributed by atoms with Gasteiger partial charge in [0.25, 0.3) is 0 Å². The quantitative estimate of drug-likeness (QED) is 0.0195. The zero-order chi connectivity index (χ0) is 52.0. The number of hydrogen-bond donors (Lipinski definition) is 0. The Kier molecular flexibility index (Phi) is 51.0. The lowest BCUT2D eigenvalue weighted by molar-refractivity contribution is -0.870. The predicted molar refractivity (Wildman–Crippen MR) is 297 cm³/mol. The summed E-state index contributed by atoms with van der Waals surface area (Å²) in [6.07, 6.45) is 64.0. The van der Waals surface area contributed by atoms with E-state index in [0.717, 1.165) is 77.0 Å². The van der Waals surface area contributed by atoms with Gasteiger partial charge in [0.05, 0.1) is 40.3 Å². The van der Waals surface area contributed by atoms with E-state index < -0.39 is 24.3 Å². The van der Waals surface area contributed by atoms with E-state index in [-0.39, 0.29) is 38.6 Å². The van der Waals surface area contributed by atoms with Crippen LogP contribution in [0.3, 0.4) is 0 Å². The highest BCUT2D eigenvalue weighted by molar-refractivity contribution is 5.70. The smallest absolute Gasteiger partial charge is 0.306 e. The minimum Gasteiger partial charge on any atom is -0.545 e. The molecule has 0 aliphatic rings. The number of quaternary nitrogens is 1. The molecule has 0 aromatic rings. The number of nitrogens with zero attached hydrogens (tertiary/aromatic N) is 1. The Morgan fingerprint density at radius 2 is 0.761 bits per heavy atom. The molecule has 0 amide bonds. The Morgan fingerprint density at radius 1 is 0.423 bits per heavy atom. The summed E-state index contributed by atoms with van der Waals surface area (Å²) in [5.74, 6) is -2.30. The van der Waals surface area contributed by atoms with E-state index in [2.05, 4.69) is 74.6 Å². The third-order valence-electron chi connectivity index (χ3n) is 12.7. The van der Waals surface area contributed by atoms with Crippen LogP contribution in [0, 0.1) is 0 Å². The molecule has 0 saturated carbocycles. The van der Waals surface area contributed by atoms with E-state index in [1.165, 1.54) is 148 Å². The summed E-state index contributed by atoms with van der Waals surface area (Å²) < 4.78 is 22.7. The summed E-state index contributed by atoms with van der Waals surface area (Å²) in [5.41, 5.74) is 0. The van der Waals surface area contributed by atoms with E-state index >= 15 is 0 Å². The first kappa shape index (κ1) is 68.0. The molecule has 0 aromatic carbocycles. The van der Waals surface area contributed by atoms with Gasteiger partial charge in [0, 0.05) is 12.8 Å². The third-order valence-corrected chi connectivity index (χ3v) is 12.7. The fraction of sp³-hybridized carbons (Fsp3) is 0.790. The number of allylic oxidation sites excluding steroid dienone is 10. The minimum absolute atomic E-state index is 0.143. The van der Waals surface area contributed by atoms with Gasteiger partial charge in [0.1, 0.15) is 13.2 Å². The molecule has 0 rings (SSSR count). The second-order valence-electron chi connectivity index (χ2n) is 20.9. The van der Waals surface area contributed by atoms with Gasteiger partial charge in [-0.2, -0.15) is 0 Å². The molecule has 0 radical (unpaired) electrons. The van der Waals surface area contributed by atoms with Gasteiger partial charge in [-0.3, -0.25) is 9.59 Å². The van der Waals surface area contributed by atoms with Crippen LogP contribution in [0.5, 0.6) is 0 Å². The van der Waals surface area contributed by atoms with E-state index in [1.807, 2.05) is 21.1 Å². The number of rotatable bonds is 54. The van der Waals surface area contributed by atoms with Crippen molar-refractivity contribution in [2.75, 3.05) is 47.5 Å². The Labute approximate surface area is 437 Å². The van der Waals surface area contributed by atoms with Gasteiger partial charge in [-0.25, -0.2) is 0 Å². The van der Waals surface area contributed by atoms with Gasteiger partial charge in [-0.05, 0) is 83.5 Å². The summed E-state index contributed by atoms with van der Waals surface area (Å²) >= 11 is 0. The van der Waals surface area contributed by atoms with Crippen LogP contribution in [-0.4, -0.2) is 82.3 Å². The van der Waals surface area contributed by atoms with Crippen LogP contribution >= 0.6 is 0 Å². The zero-order valence-corrected chi connectivity index (χ0v) is 46.8. The van der Waals surface area contributed by atoms with Gasteiger partial charge in [0.15, 0.2) is 12.4 Å². The summed E-state index contributed by atoms with van der Waals surface area (Å²) in [6.45, 7) is 4.73. The summed E-state index contributed by atoms with van der Waals surface area (Å²) in [7, 11) is 5.92. The number of esters is 2. The first-order valence-corrected chi connectivity index (χ1v) is 29.4. The van der Waals surface area contributed by atoms with Crippen LogP contribution in [0.2, 0.25) is 0 Å². The van der Waals surface area contributed by atoms with Gasteiger partial charge in [0.2, 0.25) is 0 Å². The Bertz CT molecular complexity index is 1350. The van der Waals surface area contributed by atoms with Crippen molar-refractivity contribution in [3.63, 3.8) is 0 Å². The number of hydrogen-bond acceptors (Lipinski definition) is 8. The van der Waals surface area contributed by atoms with Crippen molar-refractivity contribution in [1.29, 1.82) is 0 Å². The van der Waals surface area contributed by atoms with Gasteiger partial charge in [-0.15, -0.1) is 0 Å². The molecule has 9 nitrogen and oxygen atoms in total. The largest absolute Gasteiger partial charge is 0.545 e. The van der Waals surface area contributed by atoms with Crippen molar-refractivity contribution < 1.29 is 42.9 Å². The fourth-order valence-corrected chi connectivity index (χ4v) is 8.16. The second-order valence-corrected chi connectivity index (χ2v) is 20.9. The number of carbonyl (C=O) groups is 3. The third kappa shape index (κ3) is 54.6. The maximum atomic E-state index is 12.9. The number of unbranched alkanes of at least 4 members (excludes halogenated alkanes) is 29. The fourth-order valence-electron chi connectivity index (χ4n) is 8.16. The molecule has 0 saturated heterocycles. The summed E-state index contributed by atoms with van der Waals surface area (Å²) in [6, 6.07) is 0. The molecule has 0 heterocycles. The number of carbonyl (C=O) groups excluding carboxylic acids is 3. The van der Waals surface area contributed by atoms with Crippen LogP contribution < -0.4 is 5.11 Å². The molecule has 0 fully saturated rings. The average Bonchev–Trinajstić information content (AvgIpc) is 3.34. The Balaban J connectivity index is 4.26. The lowest BCUT2D eigenvalue weighted by Gasteiger charge is -2.26. The van der Waals surface area contributed by atoms with Crippen molar-refractivity contribution in [2.45, 2.75) is 270 Å². The van der Waals surface area contributed by atoms with Gasteiger partial charge >= 0.3 is 11.9 Å². The van der Waals surface area contributed by atoms with Crippen molar-refractivity contribution >= 4 is 17.9 Å². The van der Waals surface area contributed by atoms with Crippen LogP contribution in [0.1, 0.15) is 258 Å². The van der Waals surface area contributed by atoms with Gasteiger partial charge in [-0.1, -0.05) is 222 Å². The zero-order valence-electron chi connectivity index (χ0n) is 46.8. The number of aliphatic carboxylic acids is 1. The van der Waals surface area contributed by atoms with E-state index in [9.17, 15) is 19.5 Å². The highest BCUT2D eigenvalue weighted by Crippen LogP contribution is 2.16. The van der Waals surface area contributed by atoms with E-state index in [1.54, 1.807) is 0 Å². The van der Waals surface area contributed by atoms with Crippen molar-refractivity contribution in [2.24, 2.45) is 0 Å². The molecular formula is C62H111NO8. The van der Waals surface area contributed by atoms with Crippen LogP contribution in [-0.2, 0) is 33.3 Å². The highest BCUT2D eigenvalue weighted by atomic mass is 16.7. The lowest BCUT2D eigenvalue weighted by Crippen LogP contribution is -2.44. The molecule has 2 atom stereocenters. The topological polar surface area (TPSA) is 111 Å². The standard InChI is InChI=1S/C62H111NO8/c1-6-8-10-12-14-16-18-20-22-24-26-28-29-30-31-33-34-36-38-40-42-44-46-48-50-52-59(64)69-56-58(57-70-62(61(66)67)68-55-54-63(3,4)5)71-60(65)53-51-49-47-45-43-41-39-37-35-32-27-25-23-21-19-17-15-13-11-9-7-2/h18-21,24-27,35,37,58,62H,6-17,22-23,28-34,36,38-57H2,1-5H3/b20-18-,21-19-,26-24-,27-25-,37-35-. The maximum absolute atomic E-state index is 12.9. The molecular weight excluding hydrogens is 887 g/mol. The van der Waals surface area contributed by atoms with Crippen molar-refractivity contribution in [1.82, 2.24) is 0 Å². The number of carboxylic acid groups (broad SMARTS) is 1. The van der Waals surface area contributed by atoms with E-state index in [4.69, 9.17) is 18.9 Å².